The van der Waals surface area contributed by atoms with Gasteiger partial charge in [0.1, 0.15) is 11.3 Å². The molecule has 4 rings (SSSR count). The van der Waals surface area contributed by atoms with Crippen molar-refractivity contribution in [1.82, 2.24) is 5.32 Å². The molecule has 0 aliphatic carbocycles. The number of nitrogens with one attached hydrogen (secondary N) is 1. The summed E-state index contributed by atoms with van der Waals surface area (Å²) in [5, 5.41) is 3.07. The maximum absolute atomic E-state index is 13.1. The summed E-state index contributed by atoms with van der Waals surface area (Å²) in [7, 11) is 0. The van der Waals surface area contributed by atoms with E-state index in [1.165, 1.54) is 12.1 Å². The van der Waals surface area contributed by atoms with E-state index in [1.54, 1.807) is 30.3 Å². The Labute approximate surface area is 206 Å². The number of halogens is 2. The van der Waals surface area contributed by atoms with Crippen molar-refractivity contribution < 1.29 is 19.1 Å². The lowest BCUT2D eigenvalue weighted by atomic mass is 10.0. The fourth-order valence-electron chi connectivity index (χ4n) is 3.62. The molecule has 0 spiro atoms. The van der Waals surface area contributed by atoms with Gasteiger partial charge in [-0.2, -0.15) is 0 Å². The Morgan fingerprint density at radius 3 is 2.32 bits per heavy atom. The normalized spacial score (nSPS) is 15.0. The van der Waals surface area contributed by atoms with Crippen molar-refractivity contribution >= 4 is 52.8 Å². The molecule has 6 nitrogen and oxygen atoms in total. The maximum Gasteiger partial charge on any atom is 0.335 e. The second-order valence-corrected chi connectivity index (χ2v) is 8.29. The second-order valence-electron chi connectivity index (χ2n) is 7.48. The molecule has 1 fully saturated rings. The first-order valence-electron chi connectivity index (χ1n) is 10.5. The van der Waals surface area contributed by atoms with Crippen LogP contribution in [0.3, 0.4) is 0 Å². The minimum atomic E-state index is -0.856. The second kappa shape index (κ2) is 10.1. The third-order valence-electron chi connectivity index (χ3n) is 5.24. The van der Waals surface area contributed by atoms with E-state index in [9.17, 15) is 14.4 Å². The molecule has 1 saturated heterocycles. The highest BCUT2D eigenvalue weighted by molar-refractivity contribution is 6.42. The number of urea groups is 1. The van der Waals surface area contributed by atoms with Crippen LogP contribution < -0.4 is 15.0 Å². The number of barbiturate groups is 1. The highest BCUT2D eigenvalue weighted by Crippen LogP contribution is 2.30. The van der Waals surface area contributed by atoms with E-state index in [0.29, 0.717) is 29.4 Å². The number of carbonyl (C=O) groups is 3. The molecular weight excluding hydrogens is 475 g/mol. The summed E-state index contributed by atoms with van der Waals surface area (Å²) in [6.45, 7) is 2.30. The Hall–Kier alpha value is -3.61. The Kier molecular flexibility index (Phi) is 7.01. The van der Waals surface area contributed by atoms with E-state index >= 15 is 0 Å². The van der Waals surface area contributed by atoms with Gasteiger partial charge in [-0.3, -0.25) is 14.9 Å². The Bertz CT molecular complexity index is 1320. The fraction of sp³-hybridized carbons (Fsp3) is 0.115. The van der Waals surface area contributed by atoms with Crippen molar-refractivity contribution in [3.63, 3.8) is 0 Å². The molecule has 0 radical (unpaired) electrons. The maximum atomic E-state index is 13.1. The number of nitrogens with zero attached hydrogens (tertiary/aromatic N) is 1. The van der Waals surface area contributed by atoms with Gasteiger partial charge in [0.05, 0.1) is 17.3 Å². The molecule has 3 aromatic rings. The van der Waals surface area contributed by atoms with Crippen molar-refractivity contribution in [3.05, 3.63) is 99.0 Å². The van der Waals surface area contributed by atoms with Crippen molar-refractivity contribution in [2.45, 2.75) is 13.3 Å². The smallest absolute Gasteiger partial charge is 0.335 e. The van der Waals surface area contributed by atoms with Gasteiger partial charge in [-0.25, -0.2) is 9.69 Å². The van der Waals surface area contributed by atoms with Gasteiger partial charge in [-0.1, -0.05) is 65.7 Å². The lowest BCUT2D eigenvalue weighted by Gasteiger charge is -2.27. The van der Waals surface area contributed by atoms with Gasteiger partial charge in [-0.05, 0) is 54.0 Å². The van der Waals surface area contributed by atoms with E-state index in [0.717, 1.165) is 16.0 Å². The predicted octanol–water partition coefficient (Wildman–Crippen LogP) is 5.65. The minimum absolute atomic E-state index is 0.190. The molecule has 8 heteroatoms. The largest absolute Gasteiger partial charge is 0.494 e. The number of benzene rings is 3. The quantitative estimate of drug-likeness (QED) is 0.354. The monoisotopic (exact) mass is 494 g/mol. The molecule has 0 bridgehead atoms. The van der Waals surface area contributed by atoms with Gasteiger partial charge in [0, 0.05) is 11.4 Å². The van der Waals surface area contributed by atoms with Crippen molar-refractivity contribution in [2.24, 2.45) is 0 Å². The summed E-state index contributed by atoms with van der Waals surface area (Å²) in [6, 6.07) is 18.5. The average molecular weight is 495 g/mol. The summed E-state index contributed by atoms with van der Waals surface area (Å²) in [5.41, 5.74) is 2.42. The van der Waals surface area contributed by atoms with Crippen molar-refractivity contribution in [3.8, 4) is 5.75 Å². The lowest BCUT2D eigenvalue weighted by molar-refractivity contribution is -0.122. The number of imide groups is 2. The number of carbonyl (C=O) groups excluding carboxylic acids is 3. The first-order chi connectivity index (χ1) is 16.4. The van der Waals surface area contributed by atoms with Gasteiger partial charge in [0.15, 0.2) is 0 Å². The predicted molar refractivity (Wildman–Crippen MR) is 132 cm³/mol. The zero-order chi connectivity index (χ0) is 24.2. The number of ether oxygens (including phenoxy) is 1. The molecule has 1 aliphatic rings. The summed E-state index contributed by atoms with van der Waals surface area (Å²) in [6.07, 6.45) is 1.98. The van der Waals surface area contributed by atoms with Gasteiger partial charge < -0.3 is 4.74 Å². The Morgan fingerprint density at radius 1 is 0.912 bits per heavy atom. The van der Waals surface area contributed by atoms with Crippen LogP contribution in [0.5, 0.6) is 5.75 Å². The van der Waals surface area contributed by atoms with E-state index in [2.05, 4.69) is 5.32 Å². The van der Waals surface area contributed by atoms with Crippen LogP contribution in [0.2, 0.25) is 10.0 Å². The molecule has 172 valence electrons. The summed E-state index contributed by atoms with van der Waals surface area (Å²) < 4.78 is 5.82. The number of hydrogen-bond acceptors (Lipinski definition) is 4. The van der Waals surface area contributed by atoms with E-state index < -0.39 is 17.8 Å². The van der Waals surface area contributed by atoms with Gasteiger partial charge in [0.2, 0.25) is 0 Å². The molecule has 0 aromatic heterocycles. The molecule has 0 saturated carbocycles. The van der Waals surface area contributed by atoms with Gasteiger partial charge >= 0.3 is 6.03 Å². The molecule has 3 aromatic carbocycles. The molecule has 34 heavy (non-hydrogen) atoms. The Balaban J connectivity index is 1.69. The van der Waals surface area contributed by atoms with Gasteiger partial charge in [0.25, 0.3) is 11.8 Å². The van der Waals surface area contributed by atoms with Crippen LogP contribution in [0.4, 0.5) is 10.5 Å². The van der Waals surface area contributed by atoms with Gasteiger partial charge in [-0.15, -0.1) is 0 Å². The SMILES string of the molecule is CCOc1cc(/C=C2\C(=O)NC(=O)N(c3ccccc3Cl)C2=O)ccc1Cc1ccccc1Cl. The van der Waals surface area contributed by atoms with E-state index in [4.69, 9.17) is 27.9 Å². The zero-order valence-corrected chi connectivity index (χ0v) is 19.7. The molecule has 0 atom stereocenters. The molecule has 0 unspecified atom stereocenters. The first kappa shape index (κ1) is 23.5. The topological polar surface area (TPSA) is 75.7 Å². The molecule has 4 amide bonds. The number of rotatable bonds is 6. The molecular formula is C26H20Cl2N2O4. The fourth-order valence-corrected chi connectivity index (χ4v) is 4.04. The number of para-hydroxylation sites is 1. The van der Waals surface area contributed by atoms with Crippen LogP contribution in [-0.4, -0.2) is 24.5 Å². The van der Waals surface area contributed by atoms with Crippen LogP contribution >= 0.6 is 23.2 Å². The van der Waals surface area contributed by atoms with Crippen LogP contribution in [-0.2, 0) is 16.0 Å². The highest BCUT2D eigenvalue weighted by atomic mass is 35.5. The summed E-state index contributed by atoms with van der Waals surface area (Å²) in [4.78, 5) is 38.9. The number of anilines is 1. The first-order valence-corrected chi connectivity index (χ1v) is 11.3. The average Bonchev–Trinajstić information content (AvgIpc) is 2.81. The van der Waals surface area contributed by atoms with Crippen LogP contribution in [0.15, 0.2) is 72.3 Å². The Morgan fingerprint density at radius 2 is 1.62 bits per heavy atom. The molecule has 1 aliphatic heterocycles. The van der Waals surface area contributed by atoms with Crippen molar-refractivity contribution in [1.29, 1.82) is 0 Å². The van der Waals surface area contributed by atoms with Crippen molar-refractivity contribution in [2.75, 3.05) is 11.5 Å². The summed E-state index contributed by atoms with van der Waals surface area (Å²) in [5.74, 6) is -0.934. The third-order valence-corrected chi connectivity index (χ3v) is 5.92. The summed E-state index contributed by atoms with van der Waals surface area (Å²) >= 11 is 12.5. The molecule has 1 heterocycles. The van der Waals surface area contributed by atoms with Crippen LogP contribution in [0.1, 0.15) is 23.6 Å². The van der Waals surface area contributed by atoms with E-state index in [-0.39, 0.29) is 16.3 Å². The standard InChI is InChI=1S/C26H20Cl2N2O4/c1-2-34-23-14-16(11-12-18(23)15-17-7-3-4-8-20(17)27)13-19-24(31)29-26(33)30(25(19)32)22-10-6-5-9-21(22)28/h3-14H,2,15H2,1H3,(H,29,31,33)/b19-13+. The zero-order valence-electron chi connectivity index (χ0n) is 18.2. The van der Waals surface area contributed by atoms with E-state index in [1.807, 2.05) is 37.3 Å². The highest BCUT2D eigenvalue weighted by Gasteiger charge is 2.37. The minimum Gasteiger partial charge on any atom is -0.494 e. The van der Waals surface area contributed by atoms with Crippen LogP contribution in [0, 0.1) is 0 Å². The number of amides is 4. The number of hydrogen-bond donors (Lipinski definition) is 1. The lowest BCUT2D eigenvalue weighted by Crippen LogP contribution is -2.54. The van der Waals surface area contributed by atoms with Crippen LogP contribution in [0.25, 0.3) is 6.08 Å². The third kappa shape index (κ3) is 4.83. The molecule has 1 N–H and O–H groups in total.